The van der Waals surface area contributed by atoms with Crippen LogP contribution in [-0.4, -0.2) is 115 Å². The Morgan fingerprint density at radius 2 is 1.73 bits per heavy atom. The molecule has 0 saturated carbocycles. The molecule has 10 N–H and O–H groups in total. The number of ketones is 3. The largest absolute Gasteiger partial charge is 0.507 e. The number of phenolic OH excluding ortho intramolecular Hbond substituents is 2. The number of methoxy groups -OCH3 is 1. The number of carbonyl (C=O) groups is 7. The topological polar surface area (TPSA) is 300 Å². The number of aromatic hydroxyl groups is 2. The summed E-state index contributed by atoms with van der Waals surface area (Å²) < 4.78 is 5.20. The van der Waals surface area contributed by atoms with E-state index in [1.807, 2.05) is 0 Å². The van der Waals surface area contributed by atoms with E-state index >= 15 is 0 Å². The summed E-state index contributed by atoms with van der Waals surface area (Å²) in [4.78, 5) is 87.1. The van der Waals surface area contributed by atoms with Crippen LogP contribution in [0.5, 0.6) is 17.2 Å². The average Bonchev–Trinajstić information content (AvgIpc) is 3.05. The number of aliphatic carboxylic acids is 2. The lowest BCUT2D eigenvalue weighted by Crippen LogP contribution is -2.50. The molecule has 2 aliphatic rings. The van der Waals surface area contributed by atoms with Crippen LogP contribution in [0.2, 0.25) is 0 Å². The molecule has 2 amide bonds. The molecule has 262 valence electrons. The highest BCUT2D eigenvalue weighted by atomic mass is 32.2. The van der Waals surface area contributed by atoms with Gasteiger partial charge in [0.2, 0.25) is 17.6 Å². The average molecular weight is 704 g/mol. The number of amides is 2. The maximum atomic E-state index is 13.5. The molecular weight excluding hydrogens is 670 g/mol. The second-order valence-electron chi connectivity index (χ2n) is 11.5. The van der Waals surface area contributed by atoms with E-state index in [2.05, 4.69) is 10.6 Å². The molecule has 2 aromatic carbocycles. The number of nitrogens with one attached hydrogen (secondary N) is 2. The predicted octanol–water partition coefficient (Wildman–Crippen LogP) is -1.23. The fraction of sp³-hybridized carbons (Fsp3) is 0.387. The van der Waals surface area contributed by atoms with Gasteiger partial charge >= 0.3 is 11.9 Å². The fourth-order valence-electron chi connectivity index (χ4n) is 5.71. The van der Waals surface area contributed by atoms with Crippen molar-refractivity contribution in [1.82, 2.24) is 10.6 Å². The summed E-state index contributed by atoms with van der Waals surface area (Å²) in [6, 6.07) is 1.46. The Morgan fingerprint density at radius 1 is 1.06 bits per heavy atom. The molecule has 0 unspecified atom stereocenters. The number of ether oxygens (including phenoxy) is 1. The summed E-state index contributed by atoms with van der Waals surface area (Å²) >= 11 is 0.749. The van der Waals surface area contributed by atoms with Crippen molar-refractivity contribution in [3.63, 3.8) is 0 Å². The Labute approximate surface area is 281 Å². The number of thioether (sulfide) groups is 1. The summed E-state index contributed by atoms with van der Waals surface area (Å²) in [5, 5.41) is 67.0. The zero-order chi connectivity index (χ0) is 36.4. The number of carboxylic acids is 2. The molecule has 0 spiro atoms. The van der Waals surface area contributed by atoms with Gasteiger partial charge in [0, 0.05) is 41.7 Å². The van der Waals surface area contributed by atoms with E-state index in [0.717, 1.165) is 11.8 Å². The first-order chi connectivity index (χ1) is 23.0. The van der Waals surface area contributed by atoms with Crippen LogP contribution in [0.15, 0.2) is 18.2 Å². The molecule has 0 saturated heterocycles. The number of aliphatic hydroxyl groups is 2. The molecule has 4 rings (SSSR count). The standard InChI is InChI=1S/C31H33N3O14S/c1-48-17-4-2-3-12-22(17)28(43)24-23(25(12)40)26(41)13-7-31(47,8-16(35)21(13)27(24)42)18(36)11-49-10-15(29(44)33-9-20(38)39)34-19(37)6-5-14(32)30(45)46/h2-4,14-16,35,41-42,47H,5-11,32H2,1H3,(H,33,44)(H,34,37)(H,38,39)(H,45,46)/t14-,15-,16-,31-/m0/s1. The van der Waals surface area contributed by atoms with Gasteiger partial charge in [0.15, 0.2) is 11.6 Å². The first-order valence-corrected chi connectivity index (χ1v) is 15.8. The SMILES string of the molecule is COc1cccc2c1C(=O)c1c(O)c3c(c(O)c1C2=O)C[C@@](O)(C(=O)CSC[C@H](NC(=O)CC[C@H](N)C(=O)O)C(=O)NCC(=O)O)C[C@@H]3O. The Morgan fingerprint density at radius 3 is 2.37 bits per heavy atom. The van der Waals surface area contributed by atoms with Crippen molar-refractivity contribution in [2.45, 2.75) is 49.5 Å². The van der Waals surface area contributed by atoms with E-state index < -0.39 is 113 Å². The molecule has 4 atom stereocenters. The molecule has 0 radical (unpaired) electrons. The Bertz CT molecular complexity index is 1760. The number of aliphatic hydroxyl groups excluding tert-OH is 1. The van der Waals surface area contributed by atoms with Crippen molar-refractivity contribution in [1.29, 1.82) is 0 Å². The Kier molecular flexibility index (Phi) is 11.0. The minimum atomic E-state index is -2.36. The van der Waals surface area contributed by atoms with Gasteiger partial charge in [-0.15, -0.1) is 0 Å². The van der Waals surface area contributed by atoms with E-state index in [0.29, 0.717) is 0 Å². The number of Topliss-reactive ketones (excluding diaryl/α,β-unsaturated/α-hetero) is 1. The summed E-state index contributed by atoms with van der Waals surface area (Å²) in [5.41, 5.74) is 0.940. The number of phenols is 2. The zero-order valence-corrected chi connectivity index (χ0v) is 26.7. The summed E-state index contributed by atoms with van der Waals surface area (Å²) in [7, 11) is 1.28. The van der Waals surface area contributed by atoms with Crippen molar-refractivity contribution < 1.29 is 68.9 Å². The molecular formula is C31H33N3O14S. The summed E-state index contributed by atoms with van der Waals surface area (Å²) in [5.74, 6) is -9.44. The zero-order valence-electron chi connectivity index (χ0n) is 25.8. The molecule has 0 bridgehead atoms. The van der Waals surface area contributed by atoms with Crippen LogP contribution < -0.4 is 21.1 Å². The van der Waals surface area contributed by atoms with Gasteiger partial charge in [-0.25, -0.2) is 0 Å². The van der Waals surface area contributed by atoms with Gasteiger partial charge in [-0.1, -0.05) is 12.1 Å². The Balaban J connectivity index is 1.53. The number of carboxylic acid groups (broad SMARTS) is 2. The van der Waals surface area contributed by atoms with Crippen molar-refractivity contribution in [3.8, 4) is 17.2 Å². The molecule has 0 aromatic heterocycles. The molecule has 0 heterocycles. The molecule has 17 nitrogen and oxygen atoms in total. The molecule has 0 aliphatic heterocycles. The number of benzene rings is 2. The molecule has 18 heteroatoms. The second-order valence-corrected chi connectivity index (χ2v) is 12.5. The van der Waals surface area contributed by atoms with Crippen LogP contribution >= 0.6 is 11.8 Å². The van der Waals surface area contributed by atoms with Gasteiger partial charge in [0.05, 0.1) is 35.7 Å². The van der Waals surface area contributed by atoms with Crippen LogP contribution in [0.1, 0.15) is 68.3 Å². The van der Waals surface area contributed by atoms with Gasteiger partial charge in [-0.3, -0.25) is 33.6 Å². The van der Waals surface area contributed by atoms with E-state index in [-0.39, 0.29) is 46.6 Å². The van der Waals surface area contributed by atoms with Crippen molar-refractivity contribution in [2.24, 2.45) is 5.73 Å². The van der Waals surface area contributed by atoms with Gasteiger partial charge in [0.1, 0.15) is 41.5 Å². The summed E-state index contributed by atoms with van der Waals surface area (Å²) in [6.45, 7) is -0.789. The number of carbonyl (C=O) groups excluding carboxylic acids is 5. The van der Waals surface area contributed by atoms with Crippen molar-refractivity contribution in [3.05, 3.63) is 51.6 Å². The number of fused-ring (bicyclic) bond motifs is 3. The minimum absolute atomic E-state index is 0.0414. The van der Waals surface area contributed by atoms with E-state index in [1.165, 1.54) is 25.3 Å². The normalized spacial score (nSPS) is 19.1. The van der Waals surface area contributed by atoms with Crippen LogP contribution in [0.4, 0.5) is 0 Å². The predicted molar refractivity (Wildman–Crippen MR) is 168 cm³/mol. The van der Waals surface area contributed by atoms with Crippen molar-refractivity contribution in [2.75, 3.05) is 25.2 Å². The van der Waals surface area contributed by atoms with Gasteiger partial charge in [0.25, 0.3) is 0 Å². The second kappa shape index (κ2) is 14.6. The first kappa shape index (κ1) is 36.8. The lowest BCUT2D eigenvalue weighted by Gasteiger charge is -2.37. The van der Waals surface area contributed by atoms with Crippen LogP contribution in [0.25, 0.3) is 0 Å². The first-order valence-electron chi connectivity index (χ1n) is 14.7. The molecule has 2 aliphatic carbocycles. The molecule has 0 fully saturated rings. The number of nitrogens with two attached hydrogens (primary N) is 1. The van der Waals surface area contributed by atoms with Gasteiger partial charge in [-0.05, 0) is 12.5 Å². The van der Waals surface area contributed by atoms with Crippen LogP contribution in [0, 0.1) is 0 Å². The van der Waals surface area contributed by atoms with Gasteiger partial charge in [-0.2, -0.15) is 11.8 Å². The van der Waals surface area contributed by atoms with E-state index in [4.69, 9.17) is 20.7 Å². The van der Waals surface area contributed by atoms with Crippen LogP contribution in [-0.2, 0) is 30.4 Å². The quantitative estimate of drug-likeness (QED) is 0.0888. The third kappa shape index (κ3) is 7.36. The summed E-state index contributed by atoms with van der Waals surface area (Å²) in [6.07, 6.45) is -3.80. The lowest BCUT2D eigenvalue weighted by molar-refractivity contribution is -0.139. The number of hydrogen-bond acceptors (Lipinski definition) is 14. The highest BCUT2D eigenvalue weighted by Gasteiger charge is 2.48. The maximum Gasteiger partial charge on any atom is 0.322 e. The Hall–Kier alpha value is -5.04. The number of rotatable bonds is 14. The smallest absolute Gasteiger partial charge is 0.322 e. The number of hydrogen-bond donors (Lipinski definition) is 9. The van der Waals surface area contributed by atoms with Gasteiger partial charge < -0.3 is 51.7 Å². The third-order valence-electron chi connectivity index (χ3n) is 8.20. The van der Waals surface area contributed by atoms with E-state index in [1.54, 1.807) is 0 Å². The molecule has 49 heavy (non-hydrogen) atoms. The fourth-order valence-corrected chi connectivity index (χ4v) is 6.75. The van der Waals surface area contributed by atoms with Crippen molar-refractivity contribution >= 4 is 52.9 Å². The van der Waals surface area contributed by atoms with E-state index in [9.17, 15) is 54.0 Å². The highest BCUT2D eigenvalue weighted by Crippen LogP contribution is 2.51. The monoisotopic (exact) mass is 703 g/mol. The molecule has 2 aromatic rings. The lowest BCUT2D eigenvalue weighted by atomic mass is 9.72. The highest BCUT2D eigenvalue weighted by molar-refractivity contribution is 8.00. The minimum Gasteiger partial charge on any atom is -0.507 e. The van der Waals surface area contributed by atoms with Crippen LogP contribution in [0.3, 0.4) is 0 Å². The maximum absolute atomic E-state index is 13.5. The third-order valence-corrected chi connectivity index (χ3v) is 9.23.